The van der Waals surface area contributed by atoms with Gasteiger partial charge >= 0.3 is 5.97 Å². The quantitative estimate of drug-likeness (QED) is 0.640. The summed E-state index contributed by atoms with van der Waals surface area (Å²) in [6.45, 7) is 0.139. The third-order valence-corrected chi connectivity index (χ3v) is 3.90. The number of carboxylic acids is 1. The highest BCUT2D eigenvalue weighted by molar-refractivity contribution is 6.32. The van der Waals surface area contributed by atoms with Crippen molar-refractivity contribution < 1.29 is 23.4 Å². The van der Waals surface area contributed by atoms with Crippen LogP contribution in [0.3, 0.4) is 0 Å². The lowest BCUT2D eigenvalue weighted by molar-refractivity contribution is 0.0696. The van der Waals surface area contributed by atoms with Crippen LogP contribution in [0, 0.1) is 11.6 Å². The van der Waals surface area contributed by atoms with Gasteiger partial charge in [-0.15, -0.1) is 0 Å². The lowest BCUT2D eigenvalue weighted by atomic mass is 10.1. The molecule has 1 N–H and O–H groups in total. The topological polar surface area (TPSA) is 59.4 Å². The average Bonchev–Trinajstić information content (AvgIpc) is 2.62. The number of carbonyl (C=O) groups is 1. The zero-order valence-corrected chi connectivity index (χ0v) is 14.0. The minimum atomic E-state index is -1.43. The molecule has 1 heterocycles. The number of aromatic nitrogens is 1. The Labute approximate surface area is 152 Å². The molecule has 132 valence electrons. The number of hydrogen-bond donors (Lipinski definition) is 1. The Hall–Kier alpha value is -2.99. The summed E-state index contributed by atoms with van der Waals surface area (Å²) in [5, 5.41) is 8.54. The first-order valence-corrected chi connectivity index (χ1v) is 7.90. The first kappa shape index (κ1) is 17.8. The molecule has 0 atom stereocenters. The fourth-order valence-corrected chi connectivity index (χ4v) is 2.60. The summed E-state index contributed by atoms with van der Waals surface area (Å²) in [6.07, 6.45) is 0. The monoisotopic (exact) mass is 375 g/mol. The van der Waals surface area contributed by atoms with Gasteiger partial charge in [0.2, 0.25) is 0 Å². The van der Waals surface area contributed by atoms with Crippen molar-refractivity contribution in [3.8, 4) is 17.0 Å². The first-order chi connectivity index (χ1) is 12.5. The standard InChI is InChI=1S/C19H12ClF2NO3/c20-18-12(19(24)25)9-14(22)17(23-18)16-13(21)7-4-8-15(16)26-10-11-5-2-1-3-6-11/h1-9H,10H2,(H,24,25). The van der Waals surface area contributed by atoms with Gasteiger partial charge in [-0.3, -0.25) is 0 Å². The maximum absolute atomic E-state index is 14.4. The van der Waals surface area contributed by atoms with Crippen molar-refractivity contribution in [3.05, 3.63) is 82.5 Å². The van der Waals surface area contributed by atoms with E-state index in [4.69, 9.17) is 21.4 Å². The van der Waals surface area contributed by atoms with Gasteiger partial charge in [-0.1, -0.05) is 48.0 Å². The Balaban J connectivity index is 2.03. The van der Waals surface area contributed by atoms with Crippen LogP contribution in [0.1, 0.15) is 15.9 Å². The van der Waals surface area contributed by atoms with Crippen LogP contribution in [0.5, 0.6) is 5.75 Å². The smallest absolute Gasteiger partial charge is 0.338 e. The summed E-state index contributed by atoms with van der Waals surface area (Å²) < 4.78 is 34.4. The molecular formula is C19H12ClF2NO3. The van der Waals surface area contributed by atoms with Gasteiger partial charge in [0.05, 0.1) is 11.1 Å². The molecule has 0 unspecified atom stereocenters. The number of nitrogens with zero attached hydrogens (tertiary/aromatic N) is 1. The van der Waals surface area contributed by atoms with Gasteiger partial charge in [0.15, 0.2) is 5.82 Å². The fraction of sp³-hybridized carbons (Fsp3) is 0.0526. The summed E-state index contributed by atoms with van der Waals surface area (Å²) in [6, 6.07) is 13.9. The second kappa shape index (κ2) is 7.49. The molecule has 4 nitrogen and oxygen atoms in total. The average molecular weight is 376 g/mol. The van der Waals surface area contributed by atoms with E-state index in [0.29, 0.717) is 6.07 Å². The van der Waals surface area contributed by atoms with Crippen LogP contribution in [0.2, 0.25) is 5.15 Å². The Kier molecular flexibility index (Phi) is 5.14. The SMILES string of the molecule is O=C(O)c1cc(F)c(-c2c(F)cccc2OCc2ccccc2)nc1Cl. The molecule has 0 saturated carbocycles. The molecule has 3 rings (SSSR count). The molecule has 0 aliphatic rings. The number of hydrogen-bond acceptors (Lipinski definition) is 3. The lowest BCUT2D eigenvalue weighted by Gasteiger charge is -2.13. The van der Waals surface area contributed by atoms with Gasteiger partial charge in [-0.25, -0.2) is 18.6 Å². The third-order valence-electron chi connectivity index (χ3n) is 3.61. The van der Waals surface area contributed by atoms with Crippen molar-refractivity contribution in [1.29, 1.82) is 0 Å². The van der Waals surface area contributed by atoms with Crippen molar-refractivity contribution in [1.82, 2.24) is 4.98 Å². The Bertz CT molecular complexity index is 964. The second-order valence-corrected chi connectivity index (χ2v) is 5.71. The van der Waals surface area contributed by atoms with Gasteiger partial charge in [-0.2, -0.15) is 0 Å². The normalized spacial score (nSPS) is 10.6. The van der Waals surface area contributed by atoms with Crippen LogP contribution in [0.4, 0.5) is 8.78 Å². The van der Waals surface area contributed by atoms with Crippen molar-refractivity contribution in [2.45, 2.75) is 6.61 Å². The third kappa shape index (κ3) is 3.65. The number of carboxylic acid groups (broad SMARTS) is 1. The minimum absolute atomic E-state index is 0.0689. The van der Waals surface area contributed by atoms with E-state index >= 15 is 0 Å². The molecule has 0 radical (unpaired) electrons. The molecule has 0 amide bonds. The highest BCUT2D eigenvalue weighted by Crippen LogP contribution is 2.35. The van der Waals surface area contributed by atoms with Gasteiger partial charge in [0.1, 0.15) is 29.0 Å². The summed E-state index contributed by atoms with van der Waals surface area (Å²) >= 11 is 5.80. The molecular weight excluding hydrogens is 364 g/mol. The zero-order valence-electron chi connectivity index (χ0n) is 13.2. The molecule has 0 fully saturated rings. The van der Waals surface area contributed by atoms with Gasteiger partial charge in [0.25, 0.3) is 0 Å². The Morgan fingerprint density at radius 3 is 2.50 bits per heavy atom. The van der Waals surface area contributed by atoms with Gasteiger partial charge < -0.3 is 9.84 Å². The van der Waals surface area contributed by atoms with E-state index < -0.39 is 34.0 Å². The van der Waals surface area contributed by atoms with Crippen molar-refractivity contribution in [3.63, 3.8) is 0 Å². The summed E-state index contributed by atoms with van der Waals surface area (Å²) in [5.74, 6) is -3.14. The number of aromatic carboxylic acids is 1. The van der Waals surface area contributed by atoms with E-state index in [1.165, 1.54) is 12.1 Å². The van der Waals surface area contributed by atoms with Crippen molar-refractivity contribution >= 4 is 17.6 Å². The number of pyridine rings is 1. The zero-order chi connectivity index (χ0) is 18.7. The minimum Gasteiger partial charge on any atom is -0.488 e. The molecule has 2 aromatic carbocycles. The first-order valence-electron chi connectivity index (χ1n) is 7.52. The molecule has 7 heteroatoms. The van der Waals surface area contributed by atoms with Crippen LogP contribution in [0.15, 0.2) is 54.6 Å². The molecule has 0 aliphatic carbocycles. The van der Waals surface area contributed by atoms with Crippen molar-refractivity contribution in [2.24, 2.45) is 0 Å². The summed E-state index contributed by atoms with van der Waals surface area (Å²) in [4.78, 5) is 14.8. The second-order valence-electron chi connectivity index (χ2n) is 5.35. The Morgan fingerprint density at radius 1 is 1.08 bits per heavy atom. The summed E-state index contributed by atoms with van der Waals surface area (Å²) in [5.41, 5.74) is -0.299. The molecule has 0 saturated heterocycles. The van der Waals surface area contributed by atoms with E-state index in [2.05, 4.69) is 4.98 Å². The molecule has 0 bridgehead atoms. The predicted octanol–water partition coefficient (Wildman–Crippen LogP) is 4.96. The molecule has 0 spiro atoms. The predicted molar refractivity (Wildman–Crippen MR) is 92.3 cm³/mol. The van der Waals surface area contributed by atoms with Gasteiger partial charge in [-0.05, 0) is 23.8 Å². The Morgan fingerprint density at radius 2 is 1.81 bits per heavy atom. The van der Waals surface area contributed by atoms with Crippen LogP contribution in [-0.2, 0) is 6.61 Å². The molecule has 0 aliphatic heterocycles. The maximum Gasteiger partial charge on any atom is 0.338 e. The number of ether oxygens (including phenoxy) is 1. The van der Waals surface area contributed by atoms with Crippen molar-refractivity contribution in [2.75, 3.05) is 0 Å². The number of rotatable bonds is 5. The fourth-order valence-electron chi connectivity index (χ4n) is 2.38. The lowest BCUT2D eigenvalue weighted by Crippen LogP contribution is -2.05. The molecule has 26 heavy (non-hydrogen) atoms. The van der Waals surface area contributed by atoms with E-state index in [1.54, 1.807) is 0 Å². The number of benzene rings is 2. The molecule has 1 aromatic heterocycles. The van der Waals surface area contributed by atoms with E-state index in [-0.39, 0.29) is 17.9 Å². The van der Waals surface area contributed by atoms with Gasteiger partial charge in [0, 0.05) is 0 Å². The molecule has 3 aromatic rings. The van der Waals surface area contributed by atoms with Crippen LogP contribution in [-0.4, -0.2) is 16.1 Å². The summed E-state index contributed by atoms with van der Waals surface area (Å²) in [7, 11) is 0. The van der Waals surface area contributed by atoms with E-state index in [9.17, 15) is 13.6 Å². The largest absolute Gasteiger partial charge is 0.488 e. The highest BCUT2D eigenvalue weighted by Gasteiger charge is 2.22. The van der Waals surface area contributed by atoms with Crippen LogP contribution in [0.25, 0.3) is 11.3 Å². The maximum atomic E-state index is 14.4. The highest BCUT2D eigenvalue weighted by atomic mass is 35.5. The van der Waals surface area contributed by atoms with E-state index in [1.807, 2.05) is 30.3 Å². The van der Waals surface area contributed by atoms with Crippen LogP contribution >= 0.6 is 11.6 Å². The van der Waals surface area contributed by atoms with Crippen LogP contribution < -0.4 is 4.74 Å². The van der Waals surface area contributed by atoms with E-state index in [0.717, 1.165) is 11.6 Å². The number of halogens is 3.